The van der Waals surface area contributed by atoms with E-state index in [1.807, 2.05) is 31.2 Å². The maximum absolute atomic E-state index is 12.6. The zero-order valence-corrected chi connectivity index (χ0v) is 12.4. The van der Waals surface area contributed by atoms with E-state index in [0.717, 1.165) is 34.5 Å². The Hall–Kier alpha value is -2.15. The molecule has 0 spiro atoms. The second-order valence-electron chi connectivity index (χ2n) is 4.55. The fourth-order valence-corrected chi connectivity index (χ4v) is 2.18. The number of urea groups is 1. The molecule has 116 valence electrons. The minimum atomic E-state index is -4.44. The highest BCUT2D eigenvalue weighted by molar-refractivity contribution is 7.98. The number of benzene rings is 2. The van der Waals surface area contributed by atoms with Crippen LogP contribution in [0.15, 0.2) is 53.4 Å². The minimum absolute atomic E-state index is 0.0804. The number of rotatable bonds is 3. The van der Waals surface area contributed by atoms with Crippen LogP contribution in [0.25, 0.3) is 0 Å². The number of anilines is 1. The Labute approximate surface area is 130 Å². The topological polar surface area (TPSA) is 41.1 Å². The van der Waals surface area contributed by atoms with Crippen LogP contribution in [0.3, 0.4) is 0 Å². The van der Waals surface area contributed by atoms with Gasteiger partial charge in [0.15, 0.2) is 0 Å². The van der Waals surface area contributed by atoms with E-state index in [0.29, 0.717) is 0 Å². The zero-order chi connectivity index (χ0) is 16.2. The van der Waals surface area contributed by atoms with Crippen molar-refractivity contribution in [3.63, 3.8) is 0 Å². The van der Waals surface area contributed by atoms with Crippen LogP contribution >= 0.6 is 11.9 Å². The van der Waals surface area contributed by atoms with Gasteiger partial charge >= 0.3 is 12.2 Å². The number of halogens is 3. The number of nitrogens with one attached hydrogen (secondary N) is 2. The van der Waals surface area contributed by atoms with Gasteiger partial charge < -0.3 is 5.32 Å². The highest BCUT2D eigenvalue weighted by Crippen LogP contribution is 2.30. The van der Waals surface area contributed by atoms with Gasteiger partial charge in [-0.25, -0.2) is 4.79 Å². The van der Waals surface area contributed by atoms with E-state index < -0.39 is 17.8 Å². The van der Waals surface area contributed by atoms with Gasteiger partial charge in [-0.3, -0.25) is 4.72 Å². The van der Waals surface area contributed by atoms with Crippen molar-refractivity contribution in [1.82, 2.24) is 4.72 Å². The molecule has 0 bridgehead atoms. The summed E-state index contributed by atoms with van der Waals surface area (Å²) >= 11 is 1.08. The first kappa shape index (κ1) is 16.2. The fourth-order valence-electron chi connectivity index (χ4n) is 1.64. The molecule has 0 aliphatic rings. The molecule has 2 N–H and O–H groups in total. The smallest absolute Gasteiger partial charge is 0.307 e. The first-order chi connectivity index (χ1) is 10.3. The summed E-state index contributed by atoms with van der Waals surface area (Å²) in [6, 6.07) is 11.3. The van der Waals surface area contributed by atoms with Gasteiger partial charge in [-0.15, -0.1) is 0 Å². The van der Waals surface area contributed by atoms with Crippen LogP contribution in [0.5, 0.6) is 0 Å². The maximum Gasteiger partial charge on any atom is 0.416 e. The third-order valence-corrected chi connectivity index (χ3v) is 3.53. The molecule has 2 aromatic carbocycles. The average Bonchev–Trinajstić information content (AvgIpc) is 2.46. The largest absolute Gasteiger partial charge is 0.416 e. The number of carbonyl (C=O) groups is 1. The first-order valence-electron chi connectivity index (χ1n) is 6.32. The lowest BCUT2D eigenvalue weighted by Gasteiger charge is -2.10. The number of hydrogen-bond acceptors (Lipinski definition) is 2. The normalized spacial score (nSPS) is 11.1. The fraction of sp³-hybridized carbons (Fsp3) is 0.133. The number of alkyl halides is 3. The van der Waals surface area contributed by atoms with E-state index in [9.17, 15) is 18.0 Å². The van der Waals surface area contributed by atoms with Crippen molar-refractivity contribution >= 4 is 23.7 Å². The van der Waals surface area contributed by atoms with Crippen LogP contribution in [0.2, 0.25) is 0 Å². The molecule has 0 atom stereocenters. The quantitative estimate of drug-likeness (QED) is 0.792. The molecule has 0 saturated carbocycles. The summed E-state index contributed by atoms with van der Waals surface area (Å²) in [6.07, 6.45) is -4.44. The summed E-state index contributed by atoms with van der Waals surface area (Å²) in [4.78, 5) is 12.5. The Morgan fingerprint density at radius 1 is 1.09 bits per heavy atom. The second-order valence-corrected chi connectivity index (χ2v) is 5.43. The zero-order valence-electron chi connectivity index (χ0n) is 11.6. The number of amides is 2. The molecule has 0 aliphatic heterocycles. The van der Waals surface area contributed by atoms with Crippen LogP contribution in [0.4, 0.5) is 23.7 Å². The Morgan fingerprint density at radius 3 is 2.41 bits per heavy atom. The third-order valence-electron chi connectivity index (χ3n) is 2.73. The predicted molar refractivity (Wildman–Crippen MR) is 80.6 cm³/mol. The van der Waals surface area contributed by atoms with Gasteiger partial charge in [-0.05, 0) is 49.2 Å². The van der Waals surface area contributed by atoms with E-state index in [2.05, 4.69) is 10.0 Å². The Morgan fingerprint density at radius 2 is 1.77 bits per heavy atom. The van der Waals surface area contributed by atoms with Crippen LogP contribution in [-0.4, -0.2) is 6.03 Å². The molecule has 22 heavy (non-hydrogen) atoms. The van der Waals surface area contributed by atoms with Crippen LogP contribution < -0.4 is 10.0 Å². The van der Waals surface area contributed by atoms with Crippen molar-refractivity contribution in [2.24, 2.45) is 0 Å². The third kappa shape index (κ3) is 4.70. The summed E-state index contributed by atoms with van der Waals surface area (Å²) in [5.74, 6) is 0. The van der Waals surface area contributed by atoms with Crippen molar-refractivity contribution in [1.29, 1.82) is 0 Å². The highest BCUT2D eigenvalue weighted by Gasteiger charge is 2.30. The number of aryl methyl sites for hydroxylation is 1. The molecular formula is C15H13F3N2OS. The summed E-state index contributed by atoms with van der Waals surface area (Å²) in [6.45, 7) is 1.95. The van der Waals surface area contributed by atoms with E-state index in [-0.39, 0.29) is 5.69 Å². The Balaban J connectivity index is 1.93. The monoisotopic (exact) mass is 326 g/mol. The SMILES string of the molecule is Cc1ccc(SNC(=O)Nc2cccc(C(F)(F)F)c2)cc1. The number of hydrogen-bond donors (Lipinski definition) is 2. The van der Waals surface area contributed by atoms with Crippen LogP contribution in [0.1, 0.15) is 11.1 Å². The van der Waals surface area contributed by atoms with Crippen molar-refractivity contribution in [2.45, 2.75) is 18.0 Å². The Bertz CT molecular complexity index is 657. The van der Waals surface area contributed by atoms with Gasteiger partial charge in [-0.2, -0.15) is 13.2 Å². The maximum atomic E-state index is 12.6. The van der Waals surface area contributed by atoms with Crippen molar-refractivity contribution in [3.05, 3.63) is 59.7 Å². The average molecular weight is 326 g/mol. The molecule has 0 unspecified atom stereocenters. The van der Waals surface area contributed by atoms with Crippen molar-refractivity contribution in [3.8, 4) is 0 Å². The second kappa shape index (κ2) is 6.74. The molecule has 2 aromatic rings. The summed E-state index contributed by atoms with van der Waals surface area (Å²) < 4.78 is 40.2. The molecule has 0 fully saturated rings. The van der Waals surface area contributed by atoms with Gasteiger partial charge in [0.2, 0.25) is 0 Å². The van der Waals surface area contributed by atoms with E-state index >= 15 is 0 Å². The first-order valence-corrected chi connectivity index (χ1v) is 7.14. The lowest BCUT2D eigenvalue weighted by atomic mass is 10.2. The molecule has 3 nitrogen and oxygen atoms in total. The molecule has 0 saturated heterocycles. The minimum Gasteiger partial charge on any atom is -0.307 e. The standard InChI is InChI=1S/C15H13F3N2OS/c1-10-5-7-13(8-6-10)22-20-14(21)19-12-4-2-3-11(9-12)15(16,17)18/h2-9H,1H3,(H2,19,20,21). The van der Waals surface area contributed by atoms with Gasteiger partial charge in [0, 0.05) is 10.6 Å². The molecule has 7 heteroatoms. The molecule has 0 aliphatic carbocycles. The van der Waals surface area contributed by atoms with Crippen LogP contribution in [-0.2, 0) is 6.18 Å². The van der Waals surface area contributed by atoms with Gasteiger partial charge in [0.1, 0.15) is 0 Å². The lowest BCUT2D eigenvalue weighted by molar-refractivity contribution is -0.137. The highest BCUT2D eigenvalue weighted by atomic mass is 32.2. The molecule has 0 radical (unpaired) electrons. The molecule has 2 rings (SSSR count). The van der Waals surface area contributed by atoms with Gasteiger partial charge in [-0.1, -0.05) is 23.8 Å². The molecule has 0 aromatic heterocycles. The molecule has 0 heterocycles. The lowest BCUT2D eigenvalue weighted by Crippen LogP contribution is -2.22. The number of carbonyl (C=O) groups excluding carboxylic acids is 1. The van der Waals surface area contributed by atoms with E-state index in [4.69, 9.17) is 0 Å². The van der Waals surface area contributed by atoms with E-state index in [1.165, 1.54) is 12.1 Å². The molecular weight excluding hydrogens is 313 g/mol. The van der Waals surface area contributed by atoms with Gasteiger partial charge in [0.05, 0.1) is 5.56 Å². The van der Waals surface area contributed by atoms with Crippen molar-refractivity contribution in [2.75, 3.05) is 5.32 Å². The van der Waals surface area contributed by atoms with E-state index in [1.54, 1.807) is 0 Å². The predicted octanol–water partition coefficient (Wildman–Crippen LogP) is 4.84. The summed E-state index contributed by atoms with van der Waals surface area (Å²) in [7, 11) is 0. The van der Waals surface area contributed by atoms with Crippen LogP contribution in [0, 0.1) is 6.92 Å². The van der Waals surface area contributed by atoms with Crippen molar-refractivity contribution < 1.29 is 18.0 Å². The van der Waals surface area contributed by atoms with Gasteiger partial charge in [0.25, 0.3) is 0 Å². The summed E-state index contributed by atoms with van der Waals surface area (Å²) in [5, 5.41) is 2.37. The molecule has 2 amide bonds. The summed E-state index contributed by atoms with van der Waals surface area (Å²) in [5.41, 5.74) is 0.367. The Kier molecular flexibility index (Phi) is 4.97.